The lowest BCUT2D eigenvalue weighted by Gasteiger charge is -2.57. The van der Waals surface area contributed by atoms with E-state index in [0.717, 1.165) is 50.1 Å². The number of carbonyl (C=O) groups excluding carboxylic acids is 2. The number of ether oxygens (including phenoxy) is 4. The zero-order valence-corrected chi connectivity index (χ0v) is 19.0. The van der Waals surface area contributed by atoms with Crippen LogP contribution in [0.5, 0.6) is 17.2 Å². The highest BCUT2D eigenvalue weighted by Crippen LogP contribution is 2.63. The lowest BCUT2D eigenvalue weighted by atomic mass is 9.53. The fourth-order valence-corrected chi connectivity index (χ4v) is 6.03. The summed E-state index contributed by atoms with van der Waals surface area (Å²) in [6, 6.07) is 2.49. The molecule has 0 unspecified atom stereocenters. The number of likely N-dealkylation sites (N-methyl/N-ethyl adjacent to an activating group) is 1. The van der Waals surface area contributed by atoms with Gasteiger partial charge in [-0.05, 0) is 57.3 Å². The van der Waals surface area contributed by atoms with Gasteiger partial charge in [-0.25, -0.2) is 0 Å². The van der Waals surface area contributed by atoms with Gasteiger partial charge >= 0.3 is 11.9 Å². The smallest absolute Gasteiger partial charge is 0.308 e. The van der Waals surface area contributed by atoms with Crippen molar-refractivity contribution in [1.29, 1.82) is 0 Å². The van der Waals surface area contributed by atoms with Crippen molar-refractivity contribution in [2.24, 2.45) is 5.92 Å². The Morgan fingerprint density at radius 1 is 1.25 bits per heavy atom. The highest BCUT2D eigenvalue weighted by Gasteiger charge is 2.56. The van der Waals surface area contributed by atoms with Gasteiger partial charge < -0.3 is 23.8 Å². The number of carbonyl (C=O) groups is 2. The predicted molar refractivity (Wildman–Crippen MR) is 117 cm³/mol. The molecule has 32 heavy (non-hydrogen) atoms. The number of fused-ring (bicyclic) bond motifs is 3. The second kappa shape index (κ2) is 8.19. The number of rotatable bonds is 7. The Bertz CT molecular complexity index is 972. The first-order valence-corrected chi connectivity index (χ1v) is 11.6. The van der Waals surface area contributed by atoms with Gasteiger partial charge in [0, 0.05) is 42.9 Å². The number of methoxy groups -OCH3 is 1. The van der Waals surface area contributed by atoms with Gasteiger partial charge in [-0.2, -0.15) is 0 Å². The van der Waals surface area contributed by atoms with Crippen LogP contribution >= 0.6 is 0 Å². The van der Waals surface area contributed by atoms with Crippen molar-refractivity contribution in [2.75, 3.05) is 27.3 Å². The van der Waals surface area contributed by atoms with Crippen molar-refractivity contribution in [3.8, 4) is 17.2 Å². The van der Waals surface area contributed by atoms with Crippen molar-refractivity contribution < 1.29 is 28.5 Å². The number of esters is 2. The molecule has 1 fully saturated rings. The minimum atomic E-state index is -0.328. The van der Waals surface area contributed by atoms with Gasteiger partial charge in [0.1, 0.15) is 0 Å². The summed E-state index contributed by atoms with van der Waals surface area (Å²) in [5.41, 5.74) is 2.49. The van der Waals surface area contributed by atoms with Crippen LogP contribution in [-0.2, 0) is 30.9 Å². The van der Waals surface area contributed by atoms with E-state index in [4.69, 9.17) is 18.9 Å². The van der Waals surface area contributed by atoms with E-state index in [-0.39, 0.29) is 23.5 Å². The van der Waals surface area contributed by atoms with Crippen LogP contribution in [-0.4, -0.2) is 56.3 Å². The van der Waals surface area contributed by atoms with E-state index in [1.54, 1.807) is 0 Å². The molecule has 0 spiro atoms. The molecule has 1 saturated heterocycles. The van der Waals surface area contributed by atoms with Crippen LogP contribution in [0, 0.1) is 5.92 Å². The molecule has 7 nitrogen and oxygen atoms in total. The van der Waals surface area contributed by atoms with E-state index >= 15 is 0 Å². The molecule has 0 N–H and O–H groups in total. The van der Waals surface area contributed by atoms with Crippen LogP contribution in [0.3, 0.4) is 0 Å². The molecule has 0 radical (unpaired) electrons. The van der Waals surface area contributed by atoms with E-state index in [9.17, 15) is 9.59 Å². The maximum Gasteiger partial charge on any atom is 0.308 e. The molecule has 2 heterocycles. The monoisotopic (exact) mass is 441 g/mol. The average Bonchev–Trinajstić information content (AvgIpc) is 3.57. The first kappa shape index (κ1) is 21.5. The molecular weight excluding hydrogens is 410 g/mol. The molecule has 7 heteroatoms. The van der Waals surface area contributed by atoms with Gasteiger partial charge in [-0.1, -0.05) is 12.2 Å². The zero-order chi connectivity index (χ0) is 22.5. The third kappa shape index (κ3) is 3.61. The predicted octanol–water partition coefficient (Wildman–Crippen LogP) is 3.52. The lowest BCUT2D eigenvalue weighted by Crippen LogP contribution is -2.60. The molecule has 0 saturated carbocycles. The molecule has 4 aliphatic rings. The molecule has 5 rings (SSSR count). The molecule has 2 aliphatic carbocycles. The number of benzene rings is 1. The van der Waals surface area contributed by atoms with Crippen LogP contribution in [0.4, 0.5) is 0 Å². The van der Waals surface area contributed by atoms with Crippen LogP contribution in [0.1, 0.15) is 50.2 Å². The van der Waals surface area contributed by atoms with Crippen LogP contribution in [0.25, 0.3) is 0 Å². The summed E-state index contributed by atoms with van der Waals surface area (Å²) in [6.45, 7) is 3.07. The first-order valence-electron chi connectivity index (χ1n) is 11.6. The molecule has 1 aromatic carbocycles. The third-order valence-corrected chi connectivity index (χ3v) is 7.63. The molecule has 1 aromatic rings. The Morgan fingerprint density at radius 2 is 2.09 bits per heavy atom. The van der Waals surface area contributed by atoms with Gasteiger partial charge in [0.25, 0.3) is 0 Å². The van der Waals surface area contributed by atoms with E-state index < -0.39 is 0 Å². The summed E-state index contributed by atoms with van der Waals surface area (Å²) in [7, 11) is 3.63. The summed E-state index contributed by atoms with van der Waals surface area (Å²) < 4.78 is 22.2. The fourth-order valence-electron chi connectivity index (χ4n) is 6.03. The van der Waals surface area contributed by atoms with Crippen molar-refractivity contribution in [1.82, 2.24) is 4.90 Å². The zero-order valence-electron chi connectivity index (χ0n) is 19.0. The summed E-state index contributed by atoms with van der Waals surface area (Å²) in [5, 5.41) is 0. The van der Waals surface area contributed by atoms with Gasteiger partial charge in [0.2, 0.25) is 5.75 Å². The summed E-state index contributed by atoms with van der Waals surface area (Å²) in [6.07, 6.45) is 9.51. The number of nitrogens with zero attached hydrogens (tertiary/aromatic N) is 1. The number of hydrogen-bond acceptors (Lipinski definition) is 7. The summed E-state index contributed by atoms with van der Waals surface area (Å²) >= 11 is 0. The molecule has 0 aromatic heterocycles. The van der Waals surface area contributed by atoms with Crippen molar-refractivity contribution in [3.05, 3.63) is 29.3 Å². The van der Waals surface area contributed by atoms with Crippen LogP contribution < -0.4 is 9.47 Å². The number of hydrogen-bond donors (Lipinski definition) is 0. The molecule has 2 bridgehead atoms. The van der Waals surface area contributed by atoms with Crippen LogP contribution in [0.2, 0.25) is 0 Å². The van der Waals surface area contributed by atoms with Crippen LogP contribution in [0.15, 0.2) is 18.2 Å². The third-order valence-electron chi connectivity index (χ3n) is 7.63. The van der Waals surface area contributed by atoms with Gasteiger partial charge in [-0.3, -0.25) is 9.59 Å². The van der Waals surface area contributed by atoms with Crippen molar-refractivity contribution in [3.63, 3.8) is 0 Å². The molecular formula is C25H31NO6. The minimum Gasteiger partial charge on any atom is -0.469 e. The molecule has 172 valence electrons. The Balaban J connectivity index is 1.38. The second-order valence-corrected chi connectivity index (χ2v) is 9.47. The van der Waals surface area contributed by atoms with Gasteiger partial charge in [0.05, 0.1) is 13.2 Å². The number of likely N-dealkylation sites (tertiary alicyclic amines) is 1. The second-order valence-electron chi connectivity index (χ2n) is 9.47. The van der Waals surface area contributed by atoms with E-state index in [1.165, 1.54) is 25.2 Å². The Labute approximate surface area is 188 Å². The molecule has 2 aliphatic heterocycles. The highest BCUT2D eigenvalue weighted by atomic mass is 16.6. The topological polar surface area (TPSA) is 77.6 Å². The number of piperidine rings is 1. The van der Waals surface area contributed by atoms with Gasteiger partial charge in [0.15, 0.2) is 11.5 Å². The fraction of sp³-hybridized carbons (Fsp3) is 0.600. The van der Waals surface area contributed by atoms with Crippen molar-refractivity contribution >= 4 is 11.9 Å². The molecule has 0 amide bonds. The van der Waals surface area contributed by atoms with E-state index in [1.807, 2.05) is 0 Å². The SMILES string of the molecule is COC(=O)CCCCO[C@H]1C=C[C@H]2[C@H]3Cc4c(cc(OC(C)=O)c5c4O5)[C@@]2(CCN3C)C1. The summed E-state index contributed by atoms with van der Waals surface area (Å²) in [4.78, 5) is 25.4. The minimum absolute atomic E-state index is 0.0290. The Kier molecular flexibility index (Phi) is 5.50. The maximum atomic E-state index is 11.6. The summed E-state index contributed by atoms with van der Waals surface area (Å²) in [5.74, 6) is 2.07. The largest absolute Gasteiger partial charge is 0.469 e. The molecule has 4 atom stereocenters. The highest BCUT2D eigenvalue weighted by molar-refractivity contribution is 5.77. The number of unbranched alkanes of at least 4 members (excludes halogenated alkanes) is 1. The lowest BCUT2D eigenvalue weighted by molar-refractivity contribution is -0.140. The Hall–Kier alpha value is -2.38. The Morgan fingerprint density at radius 3 is 2.88 bits per heavy atom. The van der Waals surface area contributed by atoms with Crippen molar-refractivity contribution in [2.45, 2.75) is 63.0 Å². The normalized spacial score (nSPS) is 29.3. The van der Waals surface area contributed by atoms with E-state index in [2.05, 4.69) is 30.2 Å². The standard InChI is InChI=1S/C25H31NO6/c1-15(27)31-21-13-19-17(23-24(21)32-23)12-20-18-8-7-16(14-25(18,19)9-10-26(20)2)30-11-5-4-6-22(28)29-3/h7-8,13,16,18,20H,4-6,9-12,14H2,1-3H3/t16-,18-,20+,25-/m0/s1. The van der Waals surface area contributed by atoms with Gasteiger partial charge in [-0.15, -0.1) is 0 Å². The van der Waals surface area contributed by atoms with E-state index in [0.29, 0.717) is 30.7 Å². The quantitative estimate of drug-likeness (QED) is 0.214. The first-order chi connectivity index (χ1) is 15.4. The maximum absolute atomic E-state index is 11.6. The average molecular weight is 442 g/mol.